The molecule has 2 bridgehead atoms. The second-order valence-electron chi connectivity index (χ2n) is 4.43. The summed E-state index contributed by atoms with van der Waals surface area (Å²) in [6, 6.07) is -0.316. The number of halogens is 3. The highest BCUT2D eigenvalue weighted by molar-refractivity contribution is 5.01. The van der Waals surface area contributed by atoms with Crippen molar-refractivity contribution in [3.8, 4) is 0 Å². The van der Waals surface area contributed by atoms with Crippen LogP contribution < -0.4 is 5.32 Å². The van der Waals surface area contributed by atoms with Crippen molar-refractivity contribution in [2.75, 3.05) is 0 Å². The molecule has 2 N–H and O–H groups in total. The Morgan fingerprint density at radius 2 is 1.64 bits per heavy atom. The zero-order chi connectivity index (χ0) is 10.4. The van der Waals surface area contributed by atoms with E-state index in [4.69, 9.17) is 0 Å². The summed E-state index contributed by atoms with van der Waals surface area (Å²) >= 11 is 0. The van der Waals surface area contributed by atoms with Gasteiger partial charge in [0.05, 0.1) is 0 Å². The Balaban J connectivity index is 2.15. The fraction of sp³-hybridized carbons (Fsp3) is 1.00. The van der Waals surface area contributed by atoms with Gasteiger partial charge in [-0.1, -0.05) is 6.42 Å². The van der Waals surface area contributed by atoms with Gasteiger partial charge in [-0.15, -0.1) is 0 Å². The lowest BCUT2D eigenvalue weighted by molar-refractivity contribution is -0.276. The van der Waals surface area contributed by atoms with E-state index in [0.717, 1.165) is 19.3 Å². The minimum Gasteiger partial charge on any atom is -0.380 e. The Kier molecular flexibility index (Phi) is 2.27. The van der Waals surface area contributed by atoms with Crippen LogP contribution in [-0.4, -0.2) is 29.0 Å². The van der Waals surface area contributed by atoms with E-state index in [1.807, 2.05) is 0 Å². The maximum Gasteiger partial charge on any atom is 0.417 e. The summed E-state index contributed by atoms with van der Waals surface area (Å²) in [6.07, 6.45) is -2.40. The van der Waals surface area contributed by atoms with E-state index in [1.165, 1.54) is 0 Å². The van der Waals surface area contributed by atoms with Crippen molar-refractivity contribution in [3.05, 3.63) is 0 Å². The van der Waals surface area contributed by atoms with Gasteiger partial charge >= 0.3 is 6.18 Å². The molecule has 0 aromatic heterocycles. The average Bonchev–Trinajstić information content (AvgIpc) is 2.00. The van der Waals surface area contributed by atoms with E-state index < -0.39 is 11.8 Å². The summed E-state index contributed by atoms with van der Waals surface area (Å²) in [5, 5.41) is 12.7. The molecule has 5 heteroatoms. The molecule has 0 unspecified atom stereocenters. The monoisotopic (exact) mass is 209 g/mol. The highest BCUT2D eigenvalue weighted by atomic mass is 19.4. The van der Waals surface area contributed by atoms with E-state index >= 15 is 0 Å². The van der Waals surface area contributed by atoms with Crippen molar-refractivity contribution >= 4 is 0 Å². The quantitative estimate of drug-likeness (QED) is 0.635. The first-order valence-electron chi connectivity index (χ1n) is 4.96. The molecular formula is C9H14F3NO. The van der Waals surface area contributed by atoms with Gasteiger partial charge in [0.15, 0.2) is 5.60 Å². The number of alkyl halides is 3. The van der Waals surface area contributed by atoms with Gasteiger partial charge in [0, 0.05) is 24.9 Å². The molecule has 0 amide bonds. The maximum absolute atomic E-state index is 12.6. The first-order valence-corrected chi connectivity index (χ1v) is 4.96. The smallest absolute Gasteiger partial charge is 0.380 e. The highest BCUT2D eigenvalue weighted by Gasteiger charge is 2.57. The molecule has 0 radical (unpaired) electrons. The number of fused-ring (bicyclic) bond motifs is 2. The third-order valence-electron chi connectivity index (χ3n) is 3.27. The largest absolute Gasteiger partial charge is 0.417 e. The molecule has 2 aliphatic rings. The Morgan fingerprint density at radius 1 is 1.14 bits per heavy atom. The number of aliphatic hydroxyl groups is 1. The molecule has 2 aliphatic heterocycles. The van der Waals surface area contributed by atoms with Crippen LogP contribution in [0.1, 0.15) is 32.1 Å². The normalized spacial score (nSPS) is 43.7. The molecule has 0 aliphatic carbocycles. The number of hydrogen-bond acceptors (Lipinski definition) is 2. The zero-order valence-electron chi connectivity index (χ0n) is 7.77. The van der Waals surface area contributed by atoms with Crippen LogP contribution in [0.25, 0.3) is 0 Å². The average molecular weight is 209 g/mol. The Labute approximate surface area is 80.5 Å². The van der Waals surface area contributed by atoms with Crippen molar-refractivity contribution in [1.82, 2.24) is 5.32 Å². The molecule has 0 saturated carbocycles. The van der Waals surface area contributed by atoms with Gasteiger partial charge in [-0.3, -0.25) is 0 Å². The van der Waals surface area contributed by atoms with E-state index in [0.29, 0.717) is 0 Å². The van der Waals surface area contributed by atoms with Crippen LogP contribution >= 0.6 is 0 Å². The third-order valence-corrected chi connectivity index (χ3v) is 3.27. The van der Waals surface area contributed by atoms with Gasteiger partial charge < -0.3 is 10.4 Å². The van der Waals surface area contributed by atoms with Crippen molar-refractivity contribution in [3.63, 3.8) is 0 Å². The summed E-state index contributed by atoms with van der Waals surface area (Å²) in [4.78, 5) is 0. The lowest BCUT2D eigenvalue weighted by Crippen LogP contribution is -2.61. The van der Waals surface area contributed by atoms with E-state index in [2.05, 4.69) is 5.32 Å². The number of piperidine rings is 2. The topological polar surface area (TPSA) is 32.3 Å². The van der Waals surface area contributed by atoms with Crippen LogP contribution in [0.2, 0.25) is 0 Å². The van der Waals surface area contributed by atoms with Gasteiger partial charge in [-0.05, 0) is 12.8 Å². The van der Waals surface area contributed by atoms with Crippen LogP contribution in [0.3, 0.4) is 0 Å². The van der Waals surface area contributed by atoms with Gasteiger partial charge in [0.1, 0.15) is 0 Å². The van der Waals surface area contributed by atoms with Gasteiger partial charge in [0.2, 0.25) is 0 Å². The molecule has 2 fully saturated rings. The number of rotatable bonds is 0. The van der Waals surface area contributed by atoms with E-state index in [-0.39, 0.29) is 24.9 Å². The number of nitrogens with one attached hydrogen (secondary N) is 1. The Hall–Kier alpha value is -0.290. The minimum atomic E-state index is -4.48. The molecule has 2 saturated heterocycles. The molecule has 82 valence electrons. The van der Waals surface area contributed by atoms with Crippen LogP contribution in [0.5, 0.6) is 0 Å². The van der Waals surface area contributed by atoms with Crippen LogP contribution in [0.15, 0.2) is 0 Å². The van der Waals surface area contributed by atoms with Crippen LogP contribution in [-0.2, 0) is 0 Å². The minimum absolute atomic E-state index is 0.158. The van der Waals surface area contributed by atoms with E-state index in [1.54, 1.807) is 0 Å². The van der Waals surface area contributed by atoms with Gasteiger partial charge in [-0.25, -0.2) is 0 Å². The highest BCUT2D eigenvalue weighted by Crippen LogP contribution is 2.42. The summed E-state index contributed by atoms with van der Waals surface area (Å²) < 4.78 is 37.7. The molecule has 2 heterocycles. The molecule has 0 aromatic carbocycles. The summed E-state index contributed by atoms with van der Waals surface area (Å²) in [7, 11) is 0. The zero-order valence-corrected chi connectivity index (χ0v) is 7.77. The lowest BCUT2D eigenvalue weighted by Gasteiger charge is -2.45. The second kappa shape index (κ2) is 3.10. The summed E-state index contributed by atoms with van der Waals surface area (Å²) in [5.74, 6) is 0. The van der Waals surface area contributed by atoms with Crippen molar-refractivity contribution in [1.29, 1.82) is 0 Å². The fourth-order valence-electron chi connectivity index (χ4n) is 2.56. The Morgan fingerprint density at radius 3 is 2.07 bits per heavy atom. The molecular weight excluding hydrogens is 195 g/mol. The van der Waals surface area contributed by atoms with Crippen molar-refractivity contribution in [2.45, 2.75) is 56.0 Å². The predicted molar refractivity (Wildman–Crippen MR) is 44.8 cm³/mol. The first-order chi connectivity index (χ1) is 6.41. The molecule has 14 heavy (non-hydrogen) atoms. The molecule has 0 spiro atoms. The SMILES string of the molecule is OC1(C(F)(F)F)C[C@H]2CCC[C@H](C1)N2. The van der Waals surface area contributed by atoms with Crippen LogP contribution in [0.4, 0.5) is 13.2 Å². The number of hydrogen-bond donors (Lipinski definition) is 2. The molecule has 2 rings (SSSR count). The fourth-order valence-corrected chi connectivity index (χ4v) is 2.56. The molecule has 0 aromatic rings. The second-order valence-corrected chi connectivity index (χ2v) is 4.43. The van der Waals surface area contributed by atoms with E-state index in [9.17, 15) is 18.3 Å². The predicted octanol–water partition coefficient (Wildman–Crippen LogP) is 1.58. The summed E-state index contributed by atoms with van der Waals surface area (Å²) in [6.45, 7) is 0. The standard InChI is InChI=1S/C9H14F3NO/c10-9(11,12)8(14)4-6-2-1-3-7(5-8)13-6/h6-7,13-14H,1-5H2/t6-,7-/m1/s1. The lowest BCUT2D eigenvalue weighted by atomic mass is 9.77. The van der Waals surface area contributed by atoms with Crippen molar-refractivity contribution in [2.24, 2.45) is 0 Å². The van der Waals surface area contributed by atoms with Crippen LogP contribution in [0, 0.1) is 0 Å². The Bertz CT molecular complexity index is 217. The van der Waals surface area contributed by atoms with Gasteiger partial charge in [-0.2, -0.15) is 13.2 Å². The molecule has 2 nitrogen and oxygen atoms in total. The van der Waals surface area contributed by atoms with Gasteiger partial charge in [0.25, 0.3) is 0 Å². The third kappa shape index (κ3) is 1.63. The summed E-state index contributed by atoms with van der Waals surface area (Å²) in [5.41, 5.74) is -2.45. The first kappa shape index (κ1) is 10.2. The maximum atomic E-state index is 12.6. The van der Waals surface area contributed by atoms with Crippen molar-refractivity contribution < 1.29 is 18.3 Å². The molecule has 2 atom stereocenters.